The summed E-state index contributed by atoms with van der Waals surface area (Å²) in [5, 5.41) is 11.0. The summed E-state index contributed by atoms with van der Waals surface area (Å²) in [6.45, 7) is 2.25. The first kappa shape index (κ1) is 22.9. The summed E-state index contributed by atoms with van der Waals surface area (Å²) in [5.41, 5.74) is 2.96. The average molecular weight is 495 g/mol. The summed E-state index contributed by atoms with van der Waals surface area (Å²) in [5.74, 6) is 1.43. The summed E-state index contributed by atoms with van der Waals surface area (Å²) < 4.78 is 5.91. The van der Waals surface area contributed by atoms with Gasteiger partial charge in [0, 0.05) is 40.6 Å². The van der Waals surface area contributed by atoms with E-state index in [0.29, 0.717) is 46.1 Å². The van der Waals surface area contributed by atoms with Crippen LogP contribution in [0.5, 0.6) is 5.75 Å². The van der Waals surface area contributed by atoms with E-state index in [-0.39, 0.29) is 27.0 Å². The molecule has 5 rings (SSSR count). The maximum Gasteiger partial charge on any atom is 0.200 e. The molecular weight excluding hydrogens is 471 g/mol. The highest BCUT2D eigenvalue weighted by atomic mass is 35.5. The van der Waals surface area contributed by atoms with Gasteiger partial charge in [-0.1, -0.05) is 73.7 Å². The van der Waals surface area contributed by atoms with E-state index in [9.17, 15) is 14.7 Å². The van der Waals surface area contributed by atoms with Gasteiger partial charge in [-0.2, -0.15) is 0 Å². The van der Waals surface area contributed by atoms with Crippen molar-refractivity contribution in [1.29, 1.82) is 0 Å². The molecule has 2 aromatic carbocycles. The van der Waals surface area contributed by atoms with E-state index < -0.39 is 0 Å². The Morgan fingerprint density at radius 1 is 1.03 bits per heavy atom. The van der Waals surface area contributed by atoms with Crippen LogP contribution in [-0.2, 0) is 0 Å². The number of carbonyl (C=O) groups is 1. The van der Waals surface area contributed by atoms with E-state index >= 15 is 0 Å². The number of carbonyl (C=O) groups excluding carboxylic acids is 1. The van der Waals surface area contributed by atoms with Gasteiger partial charge < -0.3 is 9.52 Å². The highest BCUT2D eigenvalue weighted by Gasteiger charge is 2.25. The standard InChI is InChI=1S/C28H24Cl2O4/c1-15-4-2-3-5-18(15)10-23(31)16-6-8-17(9-7-16)28-19-11-21(29)24(32)13-26(19)34-27-14-25(33)22(30)12-20(27)28/h6-9,11-15,18,32H,2-5,10H2,1H3. The van der Waals surface area contributed by atoms with Crippen molar-refractivity contribution >= 4 is 40.0 Å². The van der Waals surface area contributed by atoms with Crippen LogP contribution in [-0.4, -0.2) is 10.9 Å². The van der Waals surface area contributed by atoms with Crippen LogP contribution in [0, 0.1) is 11.8 Å². The van der Waals surface area contributed by atoms with Gasteiger partial charge in [0.05, 0.1) is 10.0 Å². The predicted molar refractivity (Wildman–Crippen MR) is 136 cm³/mol. The van der Waals surface area contributed by atoms with Gasteiger partial charge in [0.2, 0.25) is 5.43 Å². The summed E-state index contributed by atoms with van der Waals surface area (Å²) >= 11 is 12.4. The molecule has 0 radical (unpaired) electrons. The Hall–Kier alpha value is -2.82. The zero-order chi connectivity index (χ0) is 24.0. The largest absolute Gasteiger partial charge is 0.506 e. The topological polar surface area (TPSA) is 67.5 Å². The minimum absolute atomic E-state index is 0.0848. The normalized spacial score (nSPS) is 18.4. The summed E-state index contributed by atoms with van der Waals surface area (Å²) in [7, 11) is 0. The lowest BCUT2D eigenvalue weighted by Gasteiger charge is -2.28. The van der Waals surface area contributed by atoms with E-state index in [1.165, 1.54) is 31.4 Å². The van der Waals surface area contributed by atoms with E-state index in [4.69, 9.17) is 27.6 Å². The molecule has 3 aliphatic rings. The van der Waals surface area contributed by atoms with Crippen LogP contribution >= 0.6 is 23.2 Å². The first-order chi connectivity index (χ1) is 16.3. The second kappa shape index (κ2) is 9.09. The van der Waals surface area contributed by atoms with Gasteiger partial charge in [0.1, 0.15) is 17.1 Å². The molecule has 1 fully saturated rings. The lowest BCUT2D eigenvalue weighted by Crippen LogP contribution is -2.20. The Kier molecular flexibility index (Phi) is 6.13. The van der Waals surface area contributed by atoms with Gasteiger partial charge in [-0.15, -0.1) is 0 Å². The number of hydrogen-bond acceptors (Lipinski definition) is 4. The van der Waals surface area contributed by atoms with Crippen molar-refractivity contribution in [2.24, 2.45) is 11.8 Å². The smallest absolute Gasteiger partial charge is 0.200 e. The molecule has 0 aromatic heterocycles. The lowest BCUT2D eigenvalue weighted by atomic mass is 9.77. The SMILES string of the molecule is CC1CCCCC1CC(=O)c1ccc(-c2c3cc(Cl)c(=O)cc-3oc3cc(O)c(Cl)cc23)cc1. The number of aromatic hydroxyl groups is 1. The van der Waals surface area contributed by atoms with Crippen LogP contribution in [0.25, 0.3) is 33.4 Å². The minimum atomic E-state index is -0.348. The number of halogens is 2. The fraction of sp³-hybridized carbons (Fsp3) is 0.286. The van der Waals surface area contributed by atoms with Crippen molar-refractivity contribution < 1.29 is 14.3 Å². The van der Waals surface area contributed by atoms with Crippen molar-refractivity contribution in [2.45, 2.75) is 39.0 Å². The van der Waals surface area contributed by atoms with Crippen LogP contribution in [0.4, 0.5) is 0 Å². The molecule has 2 aromatic rings. The van der Waals surface area contributed by atoms with E-state index in [1.807, 2.05) is 24.3 Å². The number of hydrogen-bond donors (Lipinski definition) is 1. The van der Waals surface area contributed by atoms with E-state index in [1.54, 1.807) is 12.1 Å². The van der Waals surface area contributed by atoms with Crippen LogP contribution in [0.15, 0.2) is 57.7 Å². The molecule has 0 spiro atoms. The number of benzene rings is 3. The molecule has 174 valence electrons. The molecule has 1 heterocycles. The average Bonchev–Trinajstić information content (AvgIpc) is 2.81. The molecule has 6 heteroatoms. The Morgan fingerprint density at radius 3 is 2.50 bits per heavy atom. The number of phenols is 1. The zero-order valence-electron chi connectivity index (χ0n) is 18.7. The molecule has 1 saturated carbocycles. The van der Waals surface area contributed by atoms with Crippen LogP contribution in [0.3, 0.4) is 0 Å². The Labute approximate surface area is 207 Å². The number of ketones is 1. The van der Waals surface area contributed by atoms with Gasteiger partial charge in [-0.05, 0) is 36.0 Å². The van der Waals surface area contributed by atoms with Gasteiger partial charge >= 0.3 is 0 Å². The van der Waals surface area contributed by atoms with Crippen LogP contribution in [0.1, 0.15) is 49.4 Å². The zero-order valence-corrected chi connectivity index (χ0v) is 20.2. The van der Waals surface area contributed by atoms with E-state index in [2.05, 4.69) is 6.92 Å². The number of fused-ring (bicyclic) bond motifs is 2. The van der Waals surface area contributed by atoms with Crippen molar-refractivity contribution in [3.63, 3.8) is 0 Å². The van der Waals surface area contributed by atoms with E-state index in [0.717, 1.165) is 17.5 Å². The first-order valence-corrected chi connectivity index (χ1v) is 12.3. The number of Topliss-reactive ketones (excluding diaryl/α,β-unsaturated/α-hetero) is 1. The second-order valence-electron chi connectivity index (χ2n) is 9.28. The third-order valence-corrected chi connectivity index (χ3v) is 7.67. The third kappa shape index (κ3) is 4.21. The van der Waals surface area contributed by atoms with Gasteiger partial charge in [-0.3, -0.25) is 9.59 Å². The number of rotatable bonds is 4. The Morgan fingerprint density at radius 2 is 1.76 bits per heavy atom. The molecule has 0 saturated heterocycles. The Bertz CT molecular complexity index is 1420. The highest BCUT2D eigenvalue weighted by Crippen LogP contribution is 2.43. The summed E-state index contributed by atoms with van der Waals surface area (Å²) in [4.78, 5) is 25.1. The predicted octanol–water partition coefficient (Wildman–Crippen LogP) is 7.98. The Balaban J connectivity index is 1.59. The summed E-state index contributed by atoms with van der Waals surface area (Å²) in [6.07, 6.45) is 5.35. The maximum atomic E-state index is 13.0. The fourth-order valence-electron chi connectivity index (χ4n) is 5.09. The van der Waals surface area contributed by atoms with Crippen molar-refractivity contribution in [3.8, 4) is 28.2 Å². The van der Waals surface area contributed by atoms with Crippen LogP contribution in [0.2, 0.25) is 10.0 Å². The number of phenolic OH excluding ortho intramolecular Hbond substituents is 1. The second-order valence-corrected chi connectivity index (χ2v) is 10.1. The lowest BCUT2D eigenvalue weighted by molar-refractivity contribution is 0.0927. The van der Waals surface area contributed by atoms with Gasteiger partial charge in [0.25, 0.3) is 0 Å². The summed E-state index contributed by atoms with van der Waals surface area (Å²) in [6, 6.07) is 13.5. The molecule has 0 amide bonds. The quantitative estimate of drug-likeness (QED) is 0.230. The van der Waals surface area contributed by atoms with Crippen molar-refractivity contribution in [3.05, 3.63) is 74.4 Å². The molecule has 2 aliphatic carbocycles. The maximum absolute atomic E-state index is 13.0. The van der Waals surface area contributed by atoms with Crippen LogP contribution < -0.4 is 5.43 Å². The van der Waals surface area contributed by atoms with Gasteiger partial charge in [-0.25, -0.2) is 0 Å². The molecule has 2 unspecified atom stereocenters. The molecule has 1 aliphatic heterocycles. The minimum Gasteiger partial charge on any atom is -0.506 e. The highest BCUT2D eigenvalue weighted by molar-refractivity contribution is 6.33. The first-order valence-electron chi connectivity index (χ1n) is 11.5. The molecule has 0 bridgehead atoms. The third-order valence-electron chi connectivity index (χ3n) is 7.07. The molecule has 4 nitrogen and oxygen atoms in total. The molecule has 34 heavy (non-hydrogen) atoms. The van der Waals surface area contributed by atoms with Crippen molar-refractivity contribution in [2.75, 3.05) is 0 Å². The monoisotopic (exact) mass is 494 g/mol. The molecular formula is C28H24Cl2O4. The molecule has 1 N–H and O–H groups in total. The molecule has 2 atom stereocenters. The van der Waals surface area contributed by atoms with Gasteiger partial charge in [0.15, 0.2) is 5.78 Å². The fourth-order valence-corrected chi connectivity index (χ4v) is 5.41. The van der Waals surface area contributed by atoms with Crippen molar-refractivity contribution in [1.82, 2.24) is 0 Å².